The molecular formula is C24H32N4O3S. The summed E-state index contributed by atoms with van der Waals surface area (Å²) in [5.74, 6) is -0.304. The summed E-state index contributed by atoms with van der Waals surface area (Å²) in [5.41, 5.74) is 2.25. The van der Waals surface area contributed by atoms with Gasteiger partial charge in [-0.25, -0.2) is 8.42 Å². The molecule has 1 saturated heterocycles. The van der Waals surface area contributed by atoms with E-state index in [1.165, 1.54) is 10.4 Å². The van der Waals surface area contributed by atoms with Crippen LogP contribution in [0.5, 0.6) is 0 Å². The highest BCUT2D eigenvalue weighted by atomic mass is 32.2. The molecule has 8 heteroatoms. The number of hydrogen-bond donors (Lipinski definition) is 1. The summed E-state index contributed by atoms with van der Waals surface area (Å²) >= 11 is 0. The predicted octanol–water partition coefficient (Wildman–Crippen LogP) is 3.12. The van der Waals surface area contributed by atoms with E-state index in [2.05, 4.69) is 22.2 Å². The van der Waals surface area contributed by atoms with Crippen LogP contribution in [0.15, 0.2) is 59.5 Å². The van der Waals surface area contributed by atoms with Crippen LogP contribution in [-0.4, -0.2) is 69.8 Å². The highest BCUT2D eigenvalue weighted by Crippen LogP contribution is 2.31. The molecule has 0 spiro atoms. The first-order valence-electron chi connectivity index (χ1n) is 11.0. The number of amides is 1. The maximum absolute atomic E-state index is 13.1. The Morgan fingerprint density at radius 3 is 2.31 bits per heavy atom. The molecule has 0 radical (unpaired) electrons. The van der Waals surface area contributed by atoms with E-state index in [1.807, 2.05) is 44.2 Å². The van der Waals surface area contributed by atoms with Crippen molar-refractivity contribution in [3.05, 3.63) is 60.2 Å². The summed E-state index contributed by atoms with van der Waals surface area (Å²) in [6.45, 7) is 7.83. The lowest BCUT2D eigenvalue weighted by Crippen LogP contribution is -2.44. The van der Waals surface area contributed by atoms with E-state index < -0.39 is 10.0 Å². The number of piperazine rings is 1. The highest BCUT2D eigenvalue weighted by Gasteiger charge is 2.25. The van der Waals surface area contributed by atoms with Crippen LogP contribution in [0.1, 0.15) is 19.4 Å². The van der Waals surface area contributed by atoms with Crippen LogP contribution in [0.2, 0.25) is 0 Å². The second kappa shape index (κ2) is 10.8. The van der Waals surface area contributed by atoms with Crippen LogP contribution in [0, 0.1) is 0 Å². The molecule has 0 saturated carbocycles. The second-order valence-electron chi connectivity index (χ2n) is 7.79. The Morgan fingerprint density at radius 2 is 1.69 bits per heavy atom. The number of nitrogens with one attached hydrogen (secondary N) is 1. The van der Waals surface area contributed by atoms with Crippen molar-refractivity contribution in [1.29, 1.82) is 0 Å². The molecule has 1 aliphatic rings. The number of rotatable bonds is 8. The van der Waals surface area contributed by atoms with Crippen LogP contribution < -0.4 is 10.2 Å². The summed E-state index contributed by atoms with van der Waals surface area (Å²) < 4.78 is 27.5. The van der Waals surface area contributed by atoms with Gasteiger partial charge in [0.25, 0.3) is 0 Å². The van der Waals surface area contributed by atoms with Gasteiger partial charge in [-0.1, -0.05) is 44.2 Å². The van der Waals surface area contributed by atoms with Gasteiger partial charge in [-0.3, -0.25) is 4.79 Å². The van der Waals surface area contributed by atoms with E-state index >= 15 is 0 Å². The molecule has 1 amide bonds. The first-order chi connectivity index (χ1) is 15.3. The molecule has 3 rings (SSSR count). The van der Waals surface area contributed by atoms with E-state index in [0.29, 0.717) is 18.8 Å². The number of carbonyl (C=O) groups is 1. The normalized spacial score (nSPS) is 15.4. The Kier molecular flexibility index (Phi) is 8.06. The molecule has 0 aromatic heterocycles. The fourth-order valence-electron chi connectivity index (χ4n) is 3.72. The predicted molar refractivity (Wildman–Crippen MR) is 130 cm³/mol. The number of hydrogen-bond acceptors (Lipinski definition) is 5. The Hall–Kier alpha value is -2.68. The van der Waals surface area contributed by atoms with E-state index in [9.17, 15) is 13.2 Å². The first kappa shape index (κ1) is 24.0. The van der Waals surface area contributed by atoms with Gasteiger partial charge in [0.2, 0.25) is 15.9 Å². The maximum Gasteiger partial charge on any atom is 0.248 e. The number of carbonyl (C=O) groups excluding carboxylic acids is 1. The number of benzene rings is 2. The topological polar surface area (TPSA) is 73.0 Å². The molecule has 7 nitrogen and oxygen atoms in total. The van der Waals surface area contributed by atoms with Gasteiger partial charge in [-0.05, 0) is 36.9 Å². The third-order valence-electron chi connectivity index (χ3n) is 5.64. The summed E-state index contributed by atoms with van der Waals surface area (Å²) in [7, 11) is -1.56. The van der Waals surface area contributed by atoms with Crippen molar-refractivity contribution in [2.24, 2.45) is 0 Å². The van der Waals surface area contributed by atoms with Gasteiger partial charge in [-0.2, -0.15) is 4.31 Å². The summed E-state index contributed by atoms with van der Waals surface area (Å²) in [4.78, 5) is 17.3. The molecule has 0 atom stereocenters. The lowest BCUT2D eigenvalue weighted by molar-refractivity contribution is -0.111. The third-order valence-corrected chi connectivity index (χ3v) is 7.69. The van der Waals surface area contributed by atoms with Gasteiger partial charge in [0, 0.05) is 45.3 Å². The molecule has 32 heavy (non-hydrogen) atoms. The van der Waals surface area contributed by atoms with E-state index in [4.69, 9.17) is 0 Å². The zero-order chi connectivity index (χ0) is 23.1. The largest absolute Gasteiger partial charge is 0.367 e. The zero-order valence-corrected chi connectivity index (χ0v) is 19.8. The van der Waals surface area contributed by atoms with Gasteiger partial charge in [0.1, 0.15) is 0 Å². The summed E-state index contributed by atoms with van der Waals surface area (Å²) in [6.07, 6.45) is 3.20. The number of anilines is 2. The molecule has 1 aliphatic heterocycles. The maximum atomic E-state index is 13.1. The molecule has 0 aliphatic carbocycles. The molecule has 0 bridgehead atoms. The smallest absolute Gasteiger partial charge is 0.248 e. The highest BCUT2D eigenvalue weighted by molar-refractivity contribution is 7.89. The van der Waals surface area contributed by atoms with Gasteiger partial charge in [-0.15, -0.1) is 0 Å². The molecular weight excluding hydrogens is 424 g/mol. The van der Waals surface area contributed by atoms with Crippen molar-refractivity contribution in [3.8, 4) is 0 Å². The van der Waals surface area contributed by atoms with E-state index in [1.54, 1.807) is 24.3 Å². The standard InChI is InChI=1S/C24H32N4O3S/c1-4-28(5-2)32(30,31)21-12-13-23(27-17-15-26(3)16-18-27)22(19-21)25-24(29)14-11-20-9-7-6-8-10-20/h6-14,19H,4-5,15-18H2,1-3H3,(H,25,29)/b14-11+. The van der Waals surface area contributed by atoms with Crippen molar-refractivity contribution in [2.45, 2.75) is 18.7 Å². The first-order valence-corrected chi connectivity index (χ1v) is 12.4. The van der Waals surface area contributed by atoms with Crippen molar-refractivity contribution in [1.82, 2.24) is 9.21 Å². The number of likely N-dealkylation sites (N-methyl/N-ethyl adjacent to an activating group) is 1. The average molecular weight is 457 g/mol. The summed E-state index contributed by atoms with van der Waals surface area (Å²) in [6, 6.07) is 14.6. The van der Waals surface area contributed by atoms with Crippen molar-refractivity contribution in [2.75, 3.05) is 56.5 Å². The molecule has 172 valence electrons. The fourth-order valence-corrected chi connectivity index (χ4v) is 5.21. The van der Waals surface area contributed by atoms with E-state index in [-0.39, 0.29) is 10.8 Å². The molecule has 0 unspecified atom stereocenters. The van der Waals surface area contributed by atoms with Crippen molar-refractivity contribution < 1.29 is 13.2 Å². The van der Waals surface area contributed by atoms with Crippen LogP contribution in [-0.2, 0) is 14.8 Å². The van der Waals surface area contributed by atoms with Crippen LogP contribution in [0.25, 0.3) is 6.08 Å². The quantitative estimate of drug-likeness (QED) is 0.618. The minimum absolute atomic E-state index is 0.182. The lowest BCUT2D eigenvalue weighted by atomic mass is 10.2. The van der Waals surface area contributed by atoms with E-state index in [0.717, 1.165) is 37.4 Å². The molecule has 1 fully saturated rings. The Bertz CT molecular complexity index is 1040. The van der Waals surface area contributed by atoms with Gasteiger partial charge in [0.15, 0.2) is 0 Å². The van der Waals surface area contributed by atoms with Crippen LogP contribution >= 0.6 is 0 Å². The lowest BCUT2D eigenvalue weighted by Gasteiger charge is -2.35. The number of nitrogens with zero attached hydrogens (tertiary/aromatic N) is 3. The summed E-state index contributed by atoms with van der Waals surface area (Å²) in [5, 5.41) is 2.91. The monoisotopic (exact) mass is 456 g/mol. The molecule has 2 aromatic carbocycles. The van der Waals surface area contributed by atoms with Gasteiger partial charge >= 0.3 is 0 Å². The van der Waals surface area contributed by atoms with Crippen molar-refractivity contribution in [3.63, 3.8) is 0 Å². The second-order valence-corrected chi connectivity index (χ2v) is 9.73. The molecule has 2 aromatic rings. The Morgan fingerprint density at radius 1 is 1.03 bits per heavy atom. The Balaban J connectivity index is 1.92. The van der Waals surface area contributed by atoms with Gasteiger partial charge in [0.05, 0.1) is 16.3 Å². The number of sulfonamides is 1. The fraction of sp³-hybridized carbons (Fsp3) is 0.375. The minimum Gasteiger partial charge on any atom is -0.367 e. The Labute approximate surface area is 191 Å². The third kappa shape index (κ3) is 5.76. The van der Waals surface area contributed by atoms with Crippen molar-refractivity contribution >= 4 is 33.4 Å². The average Bonchev–Trinajstić information content (AvgIpc) is 2.79. The molecule has 1 heterocycles. The minimum atomic E-state index is -3.63. The molecule has 1 N–H and O–H groups in total. The van der Waals surface area contributed by atoms with Crippen LogP contribution in [0.3, 0.4) is 0 Å². The van der Waals surface area contributed by atoms with Crippen LogP contribution in [0.4, 0.5) is 11.4 Å². The zero-order valence-electron chi connectivity index (χ0n) is 19.0. The SMILES string of the molecule is CCN(CC)S(=O)(=O)c1ccc(N2CCN(C)CC2)c(NC(=O)/C=C/c2ccccc2)c1. The van der Waals surface area contributed by atoms with Gasteiger partial charge < -0.3 is 15.1 Å².